The number of hydrogen-bond acceptors (Lipinski definition) is 1. The zero-order chi connectivity index (χ0) is 15.5. The second kappa shape index (κ2) is 10.7. The lowest BCUT2D eigenvalue weighted by molar-refractivity contribution is -0.134. The summed E-state index contributed by atoms with van der Waals surface area (Å²) in [5, 5.41) is 0. The highest BCUT2D eigenvalue weighted by Gasteiger charge is 2.22. The molecule has 20 heavy (non-hydrogen) atoms. The number of nitrogens with zero attached hydrogens (tertiary/aromatic N) is 1. The highest BCUT2D eigenvalue weighted by molar-refractivity contribution is 5.78. The van der Waals surface area contributed by atoms with Gasteiger partial charge in [0.2, 0.25) is 5.91 Å². The van der Waals surface area contributed by atoms with Crippen molar-refractivity contribution < 1.29 is 4.79 Å². The van der Waals surface area contributed by atoms with E-state index in [1.54, 1.807) is 0 Å². The van der Waals surface area contributed by atoms with Gasteiger partial charge in [0.05, 0.1) is 0 Å². The normalized spacial score (nSPS) is 14.5. The first-order valence-corrected chi connectivity index (χ1v) is 7.98. The van der Waals surface area contributed by atoms with Crippen LogP contribution < -0.4 is 0 Å². The first-order chi connectivity index (χ1) is 9.47. The Balaban J connectivity index is 4.61. The van der Waals surface area contributed by atoms with E-state index >= 15 is 0 Å². The molecule has 0 spiro atoms. The first-order valence-electron chi connectivity index (χ1n) is 7.98. The fourth-order valence-electron chi connectivity index (χ4n) is 2.53. The fraction of sp³-hybridized carbons (Fsp3) is 0.722. The van der Waals surface area contributed by atoms with Gasteiger partial charge in [-0.25, -0.2) is 0 Å². The molecule has 2 atom stereocenters. The molecule has 1 amide bonds. The van der Waals surface area contributed by atoms with Crippen molar-refractivity contribution in [3.8, 4) is 0 Å². The van der Waals surface area contributed by atoms with Gasteiger partial charge < -0.3 is 4.90 Å². The van der Waals surface area contributed by atoms with Crippen molar-refractivity contribution in [2.24, 2.45) is 17.8 Å². The Labute approximate surface area is 125 Å². The molecule has 2 heteroatoms. The summed E-state index contributed by atoms with van der Waals surface area (Å²) in [6, 6.07) is 0. The van der Waals surface area contributed by atoms with E-state index in [9.17, 15) is 4.79 Å². The Morgan fingerprint density at radius 3 is 2.40 bits per heavy atom. The van der Waals surface area contributed by atoms with Gasteiger partial charge in [-0.05, 0) is 31.6 Å². The maximum absolute atomic E-state index is 12.2. The summed E-state index contributed by atoms with van der Waals surface area (Å²) >= 11 is 0. The van der Waals surface area contributed by atoms with Gasteiger partial charge in [0.25, 0.3) is 0 Å². The molecule has 2 nitrogen and oxygen atoms in total. The molecule has 116 valence electrons. The van der Waals surface area contributed by atoms with Crippen molar-refractivity contribution in [3.05, 3.63) is 24.8 Å². The summed E-state index contributed by atoms with van der Waals surface area (Å²) in [5.74, 6) is 1.51. The summed E-state index contributed by atoms with van der Waals surface area (Å²) in [5.41, 5.74) is 0. The Hall–Kier alpha value is -1.05. The molecule has 0 aliphatic heterocycles. The molecule has 0 aromatic rings. The SMILES string of the molecule is C=CCN(CC(CC)C(C)CC/C=C/C)C(=O)C(C)C. The summed E-state index contributed by atoms with van der Waals surface area (Å²) in [7, 11) is 0. The maximum Gasteiger partial charge on any atom is 0.225 e. The van der Waals surface area contributed by atoms with Crippen molar-refractivity contribution in [3.63, 3.8) is 0 Å². The highest BCUT2D eigenvalue weighted by Crippen LogP contribution is 2.22. The van der Waals surface area contributed by atoms with Crippen LogP contribution in [-0.2, 0) is 4.79 Å². The van der Waals surface area contributed by atoms with Crippen LogP contribution in [0.4, 0.5) is 0 Å². The van der Waals surface area contributed by atoms with Crippen LogP contribution in [0.3, 0.4) is 0 Å². The smallest absolute Gasteiger partial charge is 0.225 e. The molecule has 0 aliphatic rings. The highest BCUT2D eigenvalue weighted by atomic mass is 16.2. The van der Waals surface area contributed by atoms with Gasteiger partial charge in [0.15, 0.2) is 0 Å². The van der Waals surface area contributed by atoms with Crippen LogP contribution in [0.1, 0.15) is 53.9 Å². The number of carbonyl (C=O) groups excluding carboxylic acids is 1. The Morgan fingerprint density at radius 2 is 1.95 bits per heavy atom. The van der Waals surface area contributed by atoms with E-state index in [2.05, 4.69) is 39.5 Å². The zero-order valence-corrected chi connectivity index (χ0v) is 14.1. The molecule has 0 N–H and O–H groups in total. The third kappa shape index (κ3) is 6.93. The molecule has 0 saturated heterocycles. The van der Waals surface area contributed by atoms with E-state index in [0.29, 0.717) is 18.4 Å². The predicted molar refractivity (Wildman–Crippen MR) is 88.6 cm³/mol. The van der Waals surface area contributed by atoms with Crippen LogP contribution >= 0.6 is 0 Å². The average molecular weight is 279 g/mol. The van der Waals surface area contributed by atoms with E-state index in [4.69, 9.17) is 0 Å². The molecule has 0 heterocycles. The van der Waals surface area contributed by atoms with Crippen LogP contribution in [0.5, 0.6) is 0 Å². The maximum atomic E-state index is 12.2. The largest absolute Gasteiger partial charge is 0.338 e. The minimum atomic E-state index is 0.0609. The van der Waals surface area contributed by atoms with Crippen LogP contribution in [0.15, 0.2) is 24.8 Å². The number of allylic oxidation sites excluding steroid dienone is 2. The molecule has 0 rings (SSSR count). The zero-order valence-electron chi connectivity index (χ0n) is 14.1. The lowest BCUT2D eigenvalue weighted by Crippen LogP contribution is -2.39. The van der Waals surface area contributed by atoms with E-state index < -0.39 is 0 Å². The topological polar surface area (TPSA) is 20.3 Å². The van der Waals surface area contributed by atoms with Crippen molar-refractivity contribution in [1.29, 1.82) is 0 Å². The van der Waals surface area contributed by atoms with Crippen LogP contribution in [0, 0.1) is 17.8 Å². The van der Waals surface area contributed by atoms with Gasteiger partial charge in [0, 0.05) is 19.0 Å². The molecular formula is C18H33NO. The third-order valence-electron chi connectivity index (χ3n) is 3.96. The third-order valence-corrected chi connectivity index (χ3v) is 3.96. The summed E-state index contributed by atoms with van der Waals surface area (Å²) in [6.07, 6.45) is 9.62. The number of amides is 1. The van der Waals surface area contributed by atoms with E-state index in [1.165, 1.54) is 6.42 Å². The number of carbonyl (C=O) groups is 1. The monoisotopic (exact) mass is 279 g/mol. The second-order valence-corrected chi connectivity index (χ2v) is 5.98. The Kier molecular flexibility index (Phi) is 10.1. The minimum absolute atomic E-state index is 0.0609. The predicted octanol–water partition coefficient (Wildman–Crippen LogP) is 4.68. The molecule has 0 radical (unpaired) electrons. The van der Waals surface area contributed by atoms with Gasteiger partial charge in [-0.2, -0.15) is 0 Å². The standard InChI is InChI=1S/C18H33NO/c1-7-10-11-12-16(6)17(9-3)14-19(13-8-2)18(20)15(4)5/h7-8,10,15-17H,2,9,11-14H2,1,3-6H3/b10-7+. The second-order valence-electron chi connectivity index (χ2n) is 5.98. The summed E-state index contributed by atoms with van der Waals surface area (Å²) < 4.78 is 0. The van der Waals surface area contributed by atoms with Crippen LogP contribution in [-0.4, -0.2) is 23.9 Å². The van der Waals surface area contributed by atoms with Gasteiger partial charge >= 0.3 is 0 Å². The molecule has 2 unspecified atom stereocenters. The molecule has 0 aliphatic carbocycles. The quantitative estimate of drug-likeness (QED) is 0.532. The van der Waals surface area contributed by atoms with Crippen molar-refractivity contribution >= 4 is 5.91 Å². The fourth-order valence-corrected chi connectivity index (χ4v) is 2.53. The first kappa shape index (κ1) is 18.9. The van der Waals surface area contributed by atoms with E-state index in [1.807, 2.05) is 24.8 Å². The molecule has 0 fully saturated rings. The van der Waals surface area contributed by atoms with Crippen molar-refractivity contribution in [1.82, 2.24) is 4.90 Å². The summed E-state index contributed by atoms with van der Waals surface area (Å²) in [4.78, 5) is 14.2. The lowest BCUT2D eigenvalue weighted by atomic mass is 9.87. The van der Waals surface area contributed by atoms with Gasteiger partial charge in [-0.3, -0.25) is 4.79 Å². The molecule has 0 aromatic carbocycles. The number of rotatable bonds is 10. The molecule has 0 bridgehead atoms. The summed E-state index contributed by atoms with van der Waals surface area (Å²) in [6.45, 7) is 15.8. The van der Waals surface area contributed by atoms with E-state index in [-0.39, 0.29) is 11.8 Å². The van der Waals surface area contributed by atoms with Crippen LogP contribution in [0.25, 0.3) is 0 Å². The van der Waals surface area contributed by atoms with Crippen LogP contribution in [0.2, 0.25) is 0 Å². The molecular weight excluding hydrogens is 246 g/mol. The Bertz CT molecular complexity index is 307. The minimum Gasteiger partial charge on any atom is -0.338 e. The Morgan fingerprint density at radius 1 is 1.30 bits per heavy atom. The van der Waals surface area contributed by atoms with Gasteiger partial charge in [-0.1, -0.05) is 52.3 Å². The number of hydrogen-bond donors (Lipinski definition) is 0. The molecule has 0 aromatic heterocycles. The average Bonchev–Trinajstić information content (AvgIpc) is 2.42. The van der Waals surface area contributed by atoms with Crippen molar-refractivity contribution in [2.45, 2.75) is 53.9 Å². The van der Waals surface area contributed by atoms with Gasteiger partial charge in [-0.15, -0.1) is 6.58 Å². The lowest BCUT2D eigenvalue weighted by Gasteiger charge is -2.31. The van der Waals surface area contributed by atoms with E-state index in [0.717, 1.165) is 19.4 Å². The van der Waals surface area contributed by atoms with Crippen molar-refractivity contribution in [2.75, 3.05) is 13.1 Å². The molecule has 0 saturated carbocycles. The van der Waals surface area contributed by atoms with Gasteiger partial charge in [0.1, 0.15) is 0 Å².